The van der Waals surface area contributed by atoms with Crippen LogP contribution in [0.4, 0.5) is 0 Å². The zero-order chi connectivity index (χ0) is 10.8. The lowest BCUT2D eigenvalue weighted by atomic mass is 10.0. The van der Waals surface area contributed by atoms with E-state index in [9.17, 15) is 4.79 Å². The molecule has 4 nitrogen and oxygen atoms in total. The van der Waals surface area contributed by atoms with Gasteiger partial charge in [-0.05, 0) is 6.92 Å². The van der Waals surface area contributed by atoms with E-state index in [-0.39, 0.29) is 24.2 Å². The van der Waals surface area contributed by atoms with Crippen molar-refractivity contribution in [3.63, 3.8) is 0 Å². The second-order valence-electron chi connectivity index (χ2n) is 3.90. The maximum Gasteiger partial charge on any atom is 0.228 e. The van der Waals surface area contributed by atoms with Crippen LogP contribution in [0.5, 0.6) is 0 Å². The topological polar surface area (TPSA) is 45.2 Å². The van der Waals surface area contributed by atoms with Gasteiger partial charge in [-0.25, -0.2) is 4.98 Å². The van der Waals surface area contributed by atoms with E-state index in [2.05, 4.69) is 10.3 Å². The zero-order valence-electron chi connectivity index (χ0n) is 9.40. The van der Waals surface area contributed by atoms with Crippen LogP contribution in [0, 0.1) is 12.8 Å². The predicted molar refractivity (Wildman–Crippen MR) is 66.9 cm³/mol. The van der Waals surface area contributed by atoms with Crippen LogP contribution in [0.15, 0.2) is 6.20 Å². The van der Waals surface area contributed by atoms with Gasteiger partial charge in [0, 0.05) is 31.2 Å². The lowest BCUT2D eigenvalue weighted by Gasteiger charge is -2.29. The van der Waals surface area contributed by atoms with Gasteiger partial charge in [0.05, 0.1) is 17.5 Å². The Morgan fingerprint density at radius 1 is 1.69 bits per heavy atom. The number of aryl methyl sites for hydroxylation is 1. The van der Waals surface area contributed by atoms with Crippen LogP contribution in [0.25, 0.3) is 0 Å². The molecule has 0 aliphatic carbocycles. The summed E-state index contributed by atoms with van der Waals surface area (Å²) in [7, 11) is 1.86. The van der Waals surface area contributed by atoms with Gasteiger partial charge in [0.25, 0.3) is 0 Å². The van der Waals surface area contributed by atoms with Gasteiger partial charge in [-0.15, -0.1) is 23.7 Å². The van der Waals surface area contributed by atoms with Crippen molar-refractivity contribution < 1.29 is 4.79 Å². The summed E-state index contributed by atoms with van der Waals surface area (Å²) in [6.07, 6.45) is 1.85. The summed E-state index contributed by atoms with van der Waals surface area (Å²) in [5.41, 5.74) is 0. The van der Waals surface area contributed by atoms with E-state index in [0.717, 1.165) is 23.0 Å². The van der Waals surface area contributed by atoms with E-state index in [1.807, 2.05) is 20.2 Å². The summed E-state index contributed by atoms with van der Waals surface area (Å²) in [6, 6.07) is 0. The number of carbonyl (C=O) groups is 1. The van der Waals surface area contributed by atoms with Crippen molar-refractivity contribution in [3.05, 3.63) is 16.1 Å². The van der Waals surface area contributed by atoms with Crippen LogP contribution >= 0.6 is 23.7 Å². The second kappa shape index (κ2) is 5.61. The Hall–Kier alpha value is -0.650. The zero-order valence-corrected chi connectivity index (χ0v) is 11.0. The van der Waals surface area contributed by atoms with Crippen LogP contribution in [-0.2, 0) is 11.3 Å². The van der Waals surface area contributed by atoms with E-state index in [1.165, 1.54) is 0 Å². The van der Waals surface area contributed by atoms with Crippen molar-refractivity contribution in [1.82, 2.24) is 15.2 Å². The fourth-order valence-corrected chi connectivity index (χ4v) is 2.41. The maximum absolute atomic E-state index is 11.8. The highest BCUT2D eigenvalue weighted by molar-refractivity contribution is 7.11. The van der Waals surface area contributed by atoms with Gasteiger partial charge in [0.2, 0.25) is 5.91 Å². The molecular weight excluding hydrogens is 246 g/mol. The van der Waals surface area contributed by atoms with E-state index >= 15 is 0 Å². The summed E-state index contributed by atoms with van der Waals surface area (Å²) in [5, 5.41) is 4.16. The summed E-state index contributed by atoms with van der Waals surface area (Å²) < 4.78 is 0. The molecular formula is C10H16ClN3OS. The van der Waals surface area contributed by atoms with Gasteiger partial charge in [-0.3, -0.25) is 4.79 Å². The quantitative estimate of drug-likeness (QED) is 0.885. The Morgan fingerprint density at radius 2 is 2.38 bits per heavy atom. The standard InChI is InChI=1S/C10H15N3OS.ClH/c1-7-12-5-9(15-7)6-13(2)10(14)8-3-11-4-8;/h5,8,11H,3-4,6H2,1-2H3;1H. The van der Waals surface area contributed by atoms with Crippen LogP contribution < -0.4 is 5.32 Å². The van der Waals surface area contributed by atoms with Crippen molar-refractivity contribution in [3.8, 4) is 0 Å². The van der Waals surface area contributed by atoms with Gasteiger partial charge in [0.15, 0.2) is 0 Å². The van der Waals surface area contributed by atoms with Crippen LogP contribution in [0.2, 0.25) is 0 Å². The number of hydrogen-bond donors (Lipinski definition) is 1. The molecule has 2 rings (SSSR count). The summed E-state index contributed by atoms with van der Waals surface area (Å²) in [5.74, 6) is 0.420. The Labute approximate surface area is 105 Å². The molecule has 0 aromatic carbocycles. The van der Waals surface area contributed by atoms with E-state index < -0.39 is 0 Å². The van der Waals surface area contributed by atoms with Crippen molar-refractivity contribution in [1.29, 1.82) is 0 Å². The molecule has 16 heavy (non-hydrogen) atoms. The third kappa shape index (κ3) is 2.93. The molecule has 0 saturated carbocycles. The molecule has 0 bridgehead atoms. The molecule has 1 aromatic heterocycles. The number of hydrogen-bond acceptors (Lipinski definition) is 4. The monoisotopic (exact) mass is 261 g/mol. The molecule has 1 aliphatic rings. The third-order valence-electron chi connectivity index (χ3n) is 2.57. The van der Waals surface area contributed by atoms with Gasteiger partial charge < -0.3 is 10.2 Å². The second-order valence-corrected chi connectivity index (χ2v) is 5.21. The number of carbonyl (C=O) groups excluding carboxylic acids is 1. The number of aromatic nitrogens is 1. The van der Waals surface area contributed by atoms with Crippen molar-refractivity contribution >= 4 is 29.7 Å². The summed E-state index contributed by atoms with van der Waals surface area (Å²) in [6.45, 7) is 4.31. The first-order valence-electron chi connectivity index (χ1n) is 5.04. The Kier molecular flexibility index (Phi) is 4.70. The largest absolute Gasteiger partial charge is 0.340 e. The fraction of sp³-hybridized carbons (Fsp3) is 0.600. The first-order chi connectivity index (χ1) is 7.16. The molecule has 1 N–H and O–H groups in total. The molecule has 0 atom stereocenters. The number of thiazole rings is 1. The van der Waals surface area contributed by atoms with E-state index in [4.69, 9.17) is 0 Å². The minimum absolute atomic E-state index is 0. The highest BCUT2D eigenvalue weighted by atomic mass is 35.5. The number of amides is 1. The average Bonchev–Trinajstić information content (AvgIpc) is 2.48. The van der Waals surface area contributed by atoms with Crippen LogP contribution in [0.1, 0.15) is 9.88 Å². The molecule has 90 valence electrons. The highest BCUT2D eigenvalue weighted by Crippen LogP contribution is 2.15. The number of nitrogens with one attached hydrogen (secondary N) is 1. The SMILES string of the molecule is Cc1ncc(CN(C)C(=O)C2CNC2)s1.Cl. The first-order valence-corrected chi connectivity index (χ1v) is 5.85. The van der Waals surface area contributed by atoms with Gasteiger partial charge >= 0.3 is 0 Å². The molecule has 1 aliphatic heterocycles. The molecule has 1 amide bonds. The van der Waals surface area contributed by atoms with Gasteiger partial charge in [0.1, 0.15) is 0 Å². The Bertz CT molecular complexity index is 365. The Morgan fingerprint density at radius 3 is 2.81 bits per heavy atom. The average molecular weight is 262 g/mol. The molecule has 2 heterocycles. The molecule has 1 aromatic rings. The molecule has 0 radical (unpaired) electrons. The molecule has 1 fully saturated rings. The smallest absolute Gasteiger partial charge is 0.228 e. The molecule has 6 heteroatoms. The fourth-order valence-electron chi connectivity index (χ4n) is 1.57. The van der Waals surface area contributed by atoms with Crippen LogP contribution in [0.3, 0.4) is 0 Å². The molecule has 0 spiro atoms. The summed E-state index contributed by atoms with van der Waals surface area (Å²) in [4.78, 5) is 18.9. The number of rotatable bonds is 3. The molecule has 1 saturated heterocycles. The minimum atomic E-state index is 0. The van der Waals surface area contributed by atoms with Crippen LogP contribution in [-0.4, -0.2) is 35.9 Å². The summed E-state index contributed by atoms with van der Waals surface area (Å²) >= 11 is 1.65. The number of halogens is 1. The first kappa shape index (κ1) is 13.4. The minimum Gasteiger partial charge on any atom is -0.340 e. The van der Waals surface area contributed by atoms with E-state index in [1.54, 1.807) is 16.2 Å². The van der Waals surface area contributed by atoms with Crippen molar-refractivity contribution in [2.45, 2.75) is 13.5 Å². The third-order valence-corrected chi connectivity index (χ3v) is 3.47. The van der Waals surface area contributed by atoms with E-state index in [0.29, 0.717) is 6.54 Å². The molecule has 0 unspecified atom stereocenters. The van der Waals surface area contributed by atoms with Crippen molar-refractivity contribution in [2.24, 2.45) is 5.92 Å². The van der Waals surface area contributed by atoms with Gasteiger partial charge in [-0.2, -0.15) is 0 Å². The highest BCUT2D eigenvalue weighted by Gasteiger charge is 2.27. The lowest BCUT2D eigenvalue weighted by molar-refractivity contribution is -0.136. The normalized spacial score (nSPS) is 15.1. The van der Waals surface area contributed by atoms with Gasteiger partial charge in [-0.1, -0.05) is 0 Å². The maximum atomic E-state index is 11.8. The number of nitrogens with zero attached hydrogens (tertiary/aromatic N) is 2. The predicted octanol–water partition coefficient (Wildman–Crippen LogP) is 1.05. The Balaban J connectivity index is 0.00000128. The van der Waals surface area contributed by atoms with Crippen molar-refractivity contribution in [2.75, 3.05) is 20.1 Å². The lowest BCUT2D eigenvalue weighted by Crippen LogP contribution is -2.50.